The summed E-state index contributed by atoms with van der Waals surface area (Å²) < 4.78 is 32.2. The van der Waals surface area contributed by atoms with Gasteiger partial charge in [0.1, 0.15) is 0 Å². The Balaban J connectivity index is 2.81. The number of benzene rings is 1. The van der Waals surface area contributed by atoms with E-state index < -0.39 is 11.6 Å². The van der Waals surface area contributed by atoms with Crippen LogP contribution >= 0.6 is 0 Å². The maximum Gasteiger partial charge on any atom is 0.162 e. The monoisotopic (exact) mass is 257 g/mol. The van der Waals surface area contributed by atoms with Gasteiger partial charge in [-0.2, -0.15) is 0 Å². The Labute approximate surface area is 107 Å². The molecule has 0 spiro atoms. The smallest absolute Gasteiger partial charge is 0.162 e. The lowest BCUT2D eigenvalue weighted by molar-refractivity contribution is 0.0630. The summed E-state index contributed by atoms with van der Waals surface area (Å²) in [7, 11) is 3.45. The third-order valence-electron chi connectivity index (χ3n) is 3.17. The Morgan fingerprint density at radius 3 is 2.61 bits per heavy atom. The Kier molecular flexibility index (Phi) is 6.22. The molecule has 18 heavy (non-hydrogen) atoms. The van der Waals surface area contributed by atoms with Gasteiger partial charge < -0.3 is 10.1 Å². The summed E-state index contributed by atoms with van der Waals surface area (Å²) >= 11 is 0. The molecule has 0 aliphatic rings. The zero-order valence-corrected chi connectivity index (χ0v) is 11.2. The number of hydrogen-bond donors (Lipinski definition) is 1. The van der Waals surface area contributed by atoms with E-state index >= 15 is 0 Å². The number of halogens is 2. The largest absolute Gasteiger partial charge is 0.380 e. The summed E-state index contributed by atoms with van der Waals surface area (Å²) in [6, 6.07) is 4.25. The molecule has 0 aromatic heterocycles. The molecule has 1 aromatic rings. The van der Waals surface area contributed by atoms with Crippen molar-refractivity contribution in [2.75, 3.05) is 14.2 Å². The quantitative estimate of drug-likeness (QED) is 0.811. The molecule has 0 fully saturated rings. The molecule has 102 valence electrons. The van der Waals surface area contributed by atoms with Crippen LogP contribution in [0, 0.1) is 11.6 Å². The molecule has 0 saturated heterocycles. The fraction of sp³-hybridized carbons (Fsp3) is 0.571. The normalized spacial score (nSPS) is 14.5. The summed E-state index contributed by atoms with van der Waals surface area (Å²) in [5.41, 5.74) is 0.382. The predicted octanol–water partition coefficient (Wildman–Crippen LogP) is 2.91. The van der Waals surface area contributed by atoms with Crippen LogP contribution in [0.4, 0.5) is 8.78 Å². The molecule has 0 saturated carbocycles. The van der Waals surface area contributed by atoms with Crippen molar-refractivity contribution in [1.29, 1.82) is 0 Å². The number of likely N-dealkylation sites (N-methyl/N-ethyl adjacent to an activating group) is 1. The van der Waals surface area contributed by atoms with Gasteiger partial charge in [0, 0.05) is 13.2 Å². The second kappa shape index (κ2) is 7.44. The Morgan fingerprint density at radius 2 is 2.06 bits per heavy atom. The Bertz CT molecular complexity index is 371. The maximum absolute atomic E-state index is 13.6. The van der Waals surface area contributed by atoms with Crippen LogP contribution in [0.1, 0.15) is 25.3 Å². The topological polar surface area (TPSA) is 21.3 Å². The SMILES string of the molecule is CCCC(OC)C(Cc1cccc(F)c1F)NC. The van der Waals surface area contributed by atoms with Crippen LogP contribution in [0.15, 0.2) is 18.2 Å². The van der Waals surface area contributed by atoms with Crippen LogP contribution in [-0.2, 0) is 11.2 Å². The molecule has 2 atom stereocenters. The highest BCUT2D eigenvalue weighted by Gasteiger charge is 2.21. The summed E-state index contributed by atoms with van der Waals surface area (Å²) in [6.07, 6.45) is 2.29. The van der Waals surface area contributed by atoms with Crippen LogP contribution < -0.4 is 5.32 Å². The van der Waals surface area contributed by atoms with Crippen molar-refractivity contribution in [1.82, 2.24) is 5.32 Å². The molecule has 0 heterocycles. The third-order valence-corrected chi connectivity index (χ3v) is 3.17. The molecule has 1 rings (SSSR count). The van der Waals surface area contributed by atoms with Crippen LogP contribution in [0.5, 0.6) is 0 Å². The Morgan fingerprint density at radius 1 is 1.33 bits per heavy atom. The van der Waals surface area contributed by atoms with Crippen molar-refractivity contribution in [2.45, 2.75) is 38.3 Å². The van der Waals surface area contributed by atoms with Gasteiger partial charge in [-0.25, -0.2) is 8.78 Å². The van der Waals surface area contributed by atoms with Crippen LogP contribution in [0.2, 0.25) is 0 Å². The van der Waals surface area contributed by atoms with Gasteiger partial charge in [-0.05, 0) is 31.5 Å². The highest BCUT2D eigenvalue weighted by Crippen LogP contribution is 2.16. The van der Waals surface area contributed by atoms with Crippen molar-refractivity contribution in [3.05, 3.63) is 35.4 Å². The molecule has 0 radical (unpaired) electrons. The average molecular weight is 257 g/mol. The fourth-order valence-corrected chi connectivity index (χ4v) is 2.13. The highest BCUT2D eigenvalue weighted by molar-refractivity contribution is 5.20. The summed E-state index contributed by atoms with van der Waals surface area (Å²) in [5.74, 6) is -1.56. The fourth-order valence-electron chi connectivity index (χ4n) is 2.13. The van der Waals surface area contributed by atoms with Gasteiger partial charge in [0.2, 0.25) is 0 Å². The number of rotatable bonds is 7. The number of ether oxygens (including phenoxy) is 1. The minimum Gasteiger partial charge on any atom is -0.380 e. The second-order valence-electron chi connectivity index (χ2n) is 4.38. The lowest BCUT2D eigenvalue weighted by Crippen LogP contribution is -2.40. The first-order valence-electron chi connectivity index (χ1n) is 6.27. The molecular weight excluding hydrogens is 236 g/mol. The minimum absolute atomic E-state index is 0.00247. The number of methoxy groups -OCH3 is 1. The van der Waals surface area contributed by atoms with Crippen molar-refractivity contribution in [2.24, 2.45) is 0 Å². The molecule has 1 aromatic carbocycles. The molecule has 0 amide bonds. The third kappa shape index (κ3) is 3.75. The zero-order chi connectivity index (χ0) is 13.5. The van der Waals surface area contributed by atoms with E-state index in [0.29, 0.717) is 12.0 Å². The van der Waals surface area contributed by atoms with Crippen LogP contribution in [-0.4, -0.2) is 26.3 Å². The molecule has 0 aliphatic carbocycles. The van der Waals surface area contributed by atoms with Crippen molar-refractivity contribution in [3.63, 3.8) is 0 Å². The van der Waals surface area contributed by atoms with Crippen LogP contribution in [0.3, 0.4) is 0 Å². The average Bonchev–Trinajstić information content (AvgIpc) is 2.38. The van der Waals surface area contributed by atoms with E-state index in [-0.39, 0.29) is 12.1 Å². The zero-order valence-electron chi connectivity index (χ0n) is 11.2. The standard InChI is InChI=1S/C14H21F2NO/c1-4-6-13(18-3)12(17-2)9-10-7-5-8-11(15)14(10)16/h5,7-8,12-13,17H,4,6,9H2,1-3H3. The first-order chi connectivity index (χ1) is 8.63. The van der Waals surface area contributed by atoms with Crippen molar-refractivity contribution < 1.29 is 13.5 Å². The maximum atomic E-state index is 13.6. The van der Waals surface area contributed by atoms with Crippen LogP contribution in [0.25, 0.3) is 0 Å². The first-order valence-corrected chi connectivity index (χ1v) is 6.27. The molecule has 2 nitrogen and oxygen atoms in total. The van der Waals surface area contributed by atoms with Gasteiger partial charge in [0.15, 0.2) is 11.6 Å². The van der Waals surface area contributed by atoms with E-state index in [1.54, 1.807) is 13.2 Å². The van der Waals surface area contributed by atoms with Gasteiger partial charge in [-0.3, -0.25) is 0 Å². The Hall–Kier alpha value is -1.00. The molecule has 1 N–H and O–H groups in total. The molecule has 4 heteroatoms. The van der Waals surface area contributed by atoms with Crippen molar-refractivity contribution in [3.8, 4) is 0 Å². The molecule has 0 bridgehead atoms. The first kappa shape index (κ1) is 15.1. The van der Waals surface area contributed by atoms with Gasteiger partial charge in [-0.15, -0.1) is 0 Å². The molecule has 0 aliphatic heterocycles. The molecular formula is C14H21F2NO. The minimum atomic E-state index is -0.799. The summed E-state index contributed by atoms with van der Waals surface area (Å²) in [5, 5.41) is 3.12. The van der Waals surface area contributed by atoms with Crippen molar-refractivity contribution >= 4 is 0 Å². The highest BCUT2D eigenvalue weighted by atomic mass is 19.2. The van der Waals surface area contributed by atoms with E-state index in [2.05, 4.69) is 12.2 Å². The lowest BCUT2D eigenvalue weighted by Gasteiger charge is -2.25. The van der Waals surface area contributed by atoms with E-state index in [4.69, 9.17) is 4.74 Å². The number of hydrogen-bond acceptors (Lipinski definition) is 2. The lowest BCUT2D eigenvalue weighted by atomic mass is 9.98. The summed E-state index contributed by atoms with van der Waals surface area (Å²) in [4.78, 5) is 0. The van der Waals surface area contributed by atoms with Gasteiger partial charge in [0.25, 0.3) is 0 Å². The predicted molar refractivity (Wildman–Crippen MR) is 68.6 cm³/mol. The van der Waals surface area contributed by atoms with E-state index in [1.165, 1.54) is 6.07 Å². The van der Waals surface area contributed by atoms with Gasteiger partial charge in [-0.1, -0.05) is 25.5 Å². The number of nitrogens with one attached hydrogen (secondary N) is 1. The second-order valence-corrected chi connectivity index (χ2v) is 4.38. The van der Waals surface area contributed by atoms with E-state index in [1.807, 2.05) is 7.05 Å². The van der Waals surface area contributed by atoms with E-state index in [0.717, 1.165) is 18.9 Å². The van der Waals surface area contributed by atoms with Gasteiger partial charge >= 0.3 is 0 Å². The summed E-state index contributed by atoms with van der Waals surface area (Å²) in [6.45, 7) is 2.07. The van der Waals surface area contributed by atoms with E-state index in [9.17, 15) is 8.78 Å². The van der Waals surface area contributed by atoms with Gasteiger partial charge in [0.05, 0.1) is 6.10 Å². The molecule has 2 unspecified atom stereocenters.